The van der Waals surface area contributed by atoms with E-state index in [9.17, 15) is 0 Å². The molecule has 0 radical (unpaired) electrons. The Hall–Kier alpha value is -4.88. The van der Waals surface area contributed by atoms with Gasteiger partial charge in [-0.15, -0.1) is 0 Å². The van der Waals surface area contributed by atoms with Crippen molar-refractivity contribution in [1.82, 2.24) is 5.32 Å². The summed E-state index contributed by atoms with van der Waals surface area (Å²) in [6, 6.07) is 31.5. The summed E-state index contributed by atoms with van der Waals surface area (Å²) in [5.74, 6) is 0. The second-order valence-corrected chi connectivity index (χ2v) is 9.74. The molecule has 6 aromatic rings. The molecular formula is C37H27N. The first-order valence-corrected chi connectivity index (χ1v) is 13.2. The van der Waals surface area contributed by atoms with Gasteiger partial charge in [0, 0.05) is 12.4 Å². The normalized spacial score (nSPS) is 13.9. The Morgan fingerprint density at radius 1 is 0.447 bits per heavy atom. The van der Waals surface area contributed by atoms with Gasteiger partial charge in [0.1, 0.15) is 0 Å². The van der Waals surface area contributed by atoms with Crippen LogP contribution in [0.2, 0.25) is 0 Å². The molecule has 1 nitrogen and oxygen atoms in total. The van der Waals surface area contributed by atoms with Gasteiger partial charge in [0.2, 0.25) is 0 Å². The second kappa shape index (κ2) is 9.53. The molecule has 1 aliphatic carbocycles. The largest absolute Gasteiger partial charge is 0.368 e. The van der Waals surface area contributed by atoms with E-state index in [1.807, 2.05) is 36.7 Å². The molecule has 1 heteroatoms. The molecule has 1 N–H and O–H groups in total. The van der Waals surface area contributed by atoms with E-state index in [0.717, 1.165) is 6.42 Å². The van der Waals surface area contributed by atoms with E-state index in [2.05, 4.69) is 115 Å². The standard InChI is InChI=1S/C31H20.C6H7N/c1-2-8-21-16-19-28-29-23-12-6-4-9-20(23)14-17-26(29)27-18-15-22-10-5-7-13-24(22)30(27)31(28)25(21)11-3-1;1-2-4-6-7-5-3-1/h1-7,9-19H,8H2;1-7H. The quantitative estimate of drug-likeness (QED) is 0.211. The van der Waals surface area contributed by atoms with Gasteiger partial charge in [-0.05, 0) is 83.6 Å². The van der Waals surface area contributed by atoms with Gasteiger partial charge in [-0.1, -0.05) is 121 Å². The van der Waals surface area contributed by atoms with E-state index in [1.165, 1.54) is 65.0 Å². The Bertz CT molecular complexity index is 2000. The van der Waals surface area contributed by atoms with Crippen LogP contribution in [-0.4, -0.2) is 0 Å². The highest BCUT2D eigenvalue weighted by Crippen LogP contribution is 2.44. The lowest BCUT2D eigenvalue weighted by molar-refractivity contribution is 1.20. The van der Waals surface area contributed by atoms with Gasteiger partial charge >= 0.3 is 0 Å². The lowest BCUT2D eigenvalue weighted by atomic mass is 9.85. The number of benzene rings is 6. The fourth-order valence-electron chi connectivity index (χ4n) is 5.89. The highest BCUT2D eigenvalue weighted by Gasteiger charge is 2.17. The lowest BCUT2D eigenvalue weighted by Crippen LogP contribution is -1.93. The number of allylic oxidation sites excluding steroid dienone is 7. The number of fused-ring (bicyclic) bond motifs is 12. The van der Waals surface area contributed by atoms with Crippen LogP contribution in [0.1, 0.15) is 11.1 Å². The van der Waals surface area contributed by atoms with E-state index in [1.54, 1.807) is 0 Å². The average Bonchev–Trinajstić information content (AvgIpc) is 3.43. The van der Waals surface area contributed by atoms with Crippen molar-refractivity contribution in [3.63, 3.8) is 0 Å². The molecule has 1 heterocycles. The molecule has 0 spiro atoms. The first-order valence-electron chi connectivity index (χ1n) is 13.2. The summed E-state index contributed by atoms with van der Waals surface area (Å²) in [5.41, 5.74) is 2.75. The van der Waals surface area contributed by atoms with Crippen LogP contribution >= 0.6 is 0 Å². The van der Waals surface area contributed by atoms with Gasteiger partial charge in [0.15, 0.2) is 0 Å². The molecule has 0 saturated carbocycles. The van der Waals surface area contributed by atoms with Gasteiger partial charge in [-0.25, -0.2) is 0 Å². The molecular weight excluding hydrogens is 458 g/mol. The van der Waals surface area contributed by atoms with Gasteiger partial charge < -0.3 is 5.32 Å². The third kappa shape index (κ3) is 3.72. The maximum Gasteiger partial charge on any atom is 0.000442 e. The zero-order chi connectivity index (χ0) is 25.3. The van der Waals surface area contributed by atoms with Gasteiger partial charge in [0.05, 0.1) is 0 Å². The van der Waals surface area contributed by atoms with Crippen LogP contribution in [0.4, 0.5) is 0 Å². The Labute approximate surface area is 222 Å². The Balaban J connectivity index is 0.000000303. The summed E-state index contributed by atoms with van der Waals surface area (Å²) >= 11 is 0. The zero-order valence-electron chi connectivity index (χ0n) is 21.1. The van der Waals surface area contributed by atoms with Crippen molar-refractivity contribution in [2.75, 3.05) is 0 Å². The molecule has 0 saturated heterocycles. The fourth-order valence-corrected chi connectivity index (χ4v) is 5.89. The predicted molar refractivity (Wildman–Crippen MR) is 166 cm³/mol. The monoisotopic (exact) mass is 485 g/mol. The third-order valence-electron chi connectivity index (χ3n) is 7.57. The highest BCUT2D eigenvalue weighted by atomic mass is 14.8. The predicted octanol–water partition coefficient (Wildman–Crippen LogP) is 9.75. The Morgan fingerprint density at radius 2 is 1.08 bits per heavy atom. The molecule has 0 unspecified atom stereocenters. The van der Waals surface area contributed by atoms with E-state index in [0.29, 0.717) is 0 Å². The topological polar surface area (TPSA) is 12.0 Å². The minimum absolute atomic E-state index is 0.970. The zero-order valence-corrected chi connectivity index (χ0v) is 21.1. The summed E-state index contributed by atoms with van der Waals surface area (Å²) in [4.78, 5) is 0. The summed E-state index contributed by atoms with van der Waals surface area (Å²) in [7, 11) is 0. The maximum absolute atomic E-state index is 2.92. The van der Waals surface area contributed by atoms with Crippen molar-refractivity contribution in [3.05, 3.63) is 151 Å². The van der Waals surface area contributed by atoms with Crippen molar-refractivity contribution >= 4 is 59.9 Å². The van der Waals surface area contributed by atoms with E-state index in [4.69, 9.17) is 0 Å². The number of hydrogen-bond acceptors (Lipinski definition) is 1. The van der Waals surface area contributed by atoms with Crippen LogP contribution in [0, 0.1) is 0 Å². The SMILES string of the molecule is C1=CC=CNC=C1.C1=CCc2ccc3c(c2C=C1)c1c2ccccc2ccc1c1ccc2ccccc2c13. The third-order valence-corrected chi connectivity index (χ3v) is 7.57. The summed E-state index contributed by atoms with van der Waals surface area (Å²) < 4.78 is 0. The van der Waals surface area contributed by atoms with Gasteiger partial charge in [0.25, 0.3) is 0 Å². The smallest absolute Gasteiger partial charge is 0.000442 e. The van der Waals surface area contributed by atoms with Crippen molar-refractivity contribution in [1.29, 1.82) is 0 Å². The molecule has 8 rings (SSSR count). The van der Waals surface area contributed by atoms with Crippen molar-refractivity contribution in [3.8, 4) is 0 Å². The van der Waals surface area contributed by atoms with E-state index in [-0.39, 0.29) is 0 Å². The first kappa shape index (κ1) is 22.3. The second-order valence-electron chi connectivity index (χ2n) is 9.74. The van der Waals surface area contributed by atoms with Crippen molar-refractivity contribution < 1.29 is 0 Å². The minimum Gasteiger partial charge on any atom is -0.368 e. The van der Waals surface area contributed by atoms with E-state index >= 15 is 0 Å². The van der Waals surface area contributed by atoms with Gasteiger partial charge in [-0.2, -0.15) is 0 Å². The molecule has 0 atom stereocenters. The van der Waals surface area contributed by atoms with Crippen molar-refractivity contribution in [2.45, 2.75) is 6.42 Å². The summed E-state index contributed by atoms with van der Waals surface area (Å²) in [6.07, 6.45) is 21.5. The molecule has 38 heavy (non-hydrogen) atoms. The molecule has 180 valence electrons. The average molecular weight is 486 g/mol. The number of rotatable bonds is 0. The lowest BCUT2D eigenvalue weighted by Gasteiger charge is -2.18. The van der Waals surface area contributed by atoms with Crippen LogP contribution in [0.15, 0.2) is 140 Å². The molecule has 6 aromatic carbocycles. The highest BCUT2D eigenvalue weighted by molar-refractivity contribution is 6.36. The Morgan fingerprint density at radius 3 is 1.82 bits per heavy atom. The van der Waals surface area contributed by atoms with Gasteiger partial charge in [-0.3, -0.25) is 0 Å². The maximum atomic E-state index is 2.92. The van der Waals surface area contributed by atoms with Crippen LogP contribution < -0.4 is 5.32 Å². The molecule has 1 aliphatic heterocycles. The van der Waals surface area contributed by atoms with Crippen LogP contribution in [0.25, 0.3) is 59.9 Å². The molecule has 0 bridgehead atoms. The van der Waals surface area contributed by atoms with Crippen molar-refractivity contribution in [2.24, 2.45) is 0 Å². The Kier molecular flexibility index (Phi) is 5.60. The molecule has 2 aliphatic rings. The molecule has 0 fully saturated rings. The first-order chi connectivity index (χ1) is 18.9. The summed E-state index contributed by atoms with van der Waals surface area (Å²) in [6.45, 7) is 0. The summed E-state index contributed by atoms with van der Waals surface area (Å²) in [5, 5.41) is 16.3. The van der Waals surface area contributed by atoms with Crippen LogP contribution in [0.3, 0.4) is 0 Å². The number of nitrogens with one attached hydrogen (secondary N) is 1. The number of hydrogen-bond donors (Lipinski definition) is 1. The molecule has 0 aromatic heterocycles. The van der Waals surface area contributed by atoms with Crippen LogP contribution in [0.5, 0.6) is 0 Å². The minimum atomic E-state index is 0.970. The van der Waals surface area contributed by atoms with Crippen LogP contribution in [-0.2, 0) is 6.42 Å². The fraction of sp³-hybridized carbons (Fsp3) is 0.0270. The van der Waals surface area contributed by atoms with E-state index < -0.39 is 0 Å². The molecule has 0 amide bonds.